The maximum Gasteiger partial charge on any atom is 0.234 e. The molecule has 2 atom stereocenters. The van der Waals surface area contributed by atoms with Crippen LogP contribution in [-0.2, 0) is 22.5 Å². The van der Waals surface area contributed by atoms with Crippen molar-refractivity contribution < 1.29 is 9.53 Å². The first-order valence-corrected chi connectivity index (χ1v) is 11.0. The van der Waals surface area contributed by atoms with Gasteiger partial charge in [-0.2, -0.15) is 10.5 Å². The number of amides is 1. The van der Waals surface area contributed by atoms with E-state index in [-0.39, 0.29) is 18.1 Å². The minimum absolute atomic E-state index is 0.00649. The quantitative estimate of drug-likeness (QED) is 0.720. The summed E-state index contributed by atoms with van der Waals surface area (Å²) >= 11 is 0. The van der Waals surface area contributed by atoms with Crippen LogP contribution in [0.15, 0.2) is 48.5 Å². The number of nitrogens with one attached hydrogen (secondary N) is 1. The van der Waals surface area contributed by atoms with Crippen molar-refractivity contribution in [1.29, 1.82) is 10.5 Å². The van der Waals surface area contributed by atoms with E-state index in [4.69, 9.17) is 15.3 Å². The molecule has 2 aromatic rings. The second kappa shape index (κ2) is 10.4. The Morgan fingerprint density at radius 3 is 1.97 bits per heavy atom. The predicted molar refractivity (Wildman–Crippen MR) is 119 cm³/mol. The Morgan fingerprint density at radius 2 is 1.41 bits per heavy atom. The summed E-state index contributed by atoms with van der Waals surface area (Å²) in [7, 11) is 0. The summed E-state index contributed by atoms with van der Waals surface area (Å²) in [5, 5.41) is 20.8. The van der Waals surface area contributed by atoms with Crippen molar-refractivity contribution in [3.8, 4) is 12.1 Å². The topological polar surface area (TPSA) is 92.4 Å². The monoisotopic (exact) mass is 429 g/mol. The van der Waals surface area contributed by atoms with Crippen molar-refractivity contribution in [3.63, 3.8) is 0 Å². The zero-order valence-electron chi connectivity index (χ0n) is 18.0. The number of nitriles is 2. The largest absolute Gasteiger partial charge is 0.370 e. The van der Waals surface area contributed by atoms with E-state index in [2.05, 4.69) is 27.3 Å². The molecule has 2 aliphatic rings. The molecule has 0 aliphatic carbocycles. The summed E-state index contributed by atoms with van der Waals surface area (Å²) in [6.07, 6.45) is 1.19. The summed E-state index contributed by atoms with van der Waals surface area (Å²) < 4.78 is 6.12. The molecular formula is C25H27N5O2. The van der Waals surface area contributed by atoms with Gasteiger partial charge in [-0.05, 0) is 41.8 Å². The van der Waals surface area contributed by atoms with Gasteiger partial charge in [-0.15, -0.1) is 0 Å². The van der Waals surface area contributed by atoms with E-state index in [1.165, 1.54) is 5.56 Å². The first kappa shape index (κ1) is 22.0. The van der Waals surface area contributed by atoms with Gasteiger partial charge in [-0.1, -0.05) is 24.3 Å². The molecule has 2 unspecified atom stereocenters. The first-order chi connectivity index (χ1) is 15.6. The second-order valence-electron chi connectivity index (χ2n) is 8.48. The van der Waals surface area contributed by atoms with Gasteiger partial charge >= 0.3 is 0 Å². The average Bonchev–Trinajstić information content (AvgIpc) is 2.81. The summed E-state index contributed by atoms with van der Waals surface area (Å²) in [6.45, 7) is 5.06. The maximum atomic E-state index is 12.4. The van der Waals surface area contributed by atoms with Gasteiger partial charge in [-0.3, -0.25) is 14.6 Å². The van der Waals surface area contributed by atoms with Gasteiger partial charge < -0.3 is 10.1 Å². The second-order valence-corrected chi connectivity index (χ2v) is 8.48. The van der Waals surface area contributed by atoms with Crippen molar-refractivity contribution >= 4 is 5.91 Å². The van der Waals surface area contributed by atoms with E-state index >= 15 is 0 Å². The summed E-state index contributed by atoms with van der Waals surface area (Å²) in [6, 6.07) is 19.3. The van der Waals surface area contributed by atoms with Gasteiger partial charge in [0.2, 0.25) is 5.91 Å². The lowest BCUT2D eigenvalue weighted by Gasteiger charge is -2.45. The fraction of sp³-hybridized carbons (Fsp3) is 0.400. The fourth-order valence-corrected chi connectivity index (χ4v) is 4.36. The van der Waals surface area contributed by atoms with Crippen LogP contribution in [0.4, 0.5) is 0 Å². The smallest absolute Gasteiger partial charge is 0.234 e. The number of hydrogen-bond acceptors (Lipinski definition) is 6. The Labute approximate surface area is 188 Å². The molecule has 0 radical (unpaired) electrons. The van der Waals surface area contributed by atoms with E-state index in [0.29, 0.717) is 24.2 Å². The standard InChI is InChI=1S/C25H27N5O2/c26-11-20-3-1-19(2-4-20)9-10-29-14-23-16-30(17-24(15-29)32-23)18-25(31)28-13-22-7-5-21(12-27)6-8-22/h1-8,23-24H,9-10,13-18H2,(H,28,31). The van der Waals surface area contributed by atoms with Gasteiger partial charge in [0, 0.05) is 39.3 Å². The summed E-state index contributed by atoms with van der Waals surface area (Å²) in [5.74, 6) is 0.00649. The van der Waals surface area contributed by atoms with Crippen molar-refractivity contribution in [2.24, 2.45) is 0 Å². The third-order valence-corrected chi connectivity index (χ3v) is 5.97. The van der Waals surface area contributed by atoms with Crippen molar-refractivity contribution in [1.82, 2.24) is 15.1 Å². The lowest BCUT2D eigenvalue weighted by atomic mass is 10.1. The van der Waals surface area contributed by atoms with Crippen LogP contribution in [0, 0.1) is 22.7 Å². The van der Waals surface area contributed by atoms with Crippen LogP contribution >= 0.6 is 0 Å². The minimum Gasteiger partial charge on any atom is -0.370 e. The van der Waals surface area contributed by atoms with Crippen LogP contribution in [0.3, 0.4) is 0 Å². The van der Waals surface area contributed by atoms with Crippen LogP contribution in [0.5, 0.6) is 0 Å². The Bertz CT molecular complexity index is 993. The molecule has 1 amide bonds. The molecule has 2 aromatic carbocycles. The highest BCUT2D eigenvalue weighted by molar-refractivity contribution is 5.78. The lowest BCUT2D eigenvalue weighted by Crippen LogP contribution is -2.60. The van der Waals surface area contributed by atoms with Gasteiger partial charge in [0.25, 0.3) is 0 Å². The molecule has 2 bridgehead atoms. The number of fused-ring (bicyclic) bond motifs is 2. The summed E-state index contributed by atoms with van der Waals surface area (Å²) in [5.41, 5.74) is 3.52. The Hall–Kier alpha value is -3.23. The number of hydrogen-bond donors (Lipinski definition) is 1. The summed E-state index contributed by atoms with van der Waals surface area (Å²) in [4.78, 5) is 17.0. The number of carbonyl (C=O) groups excluding carboxylic acids is 1. The van der Waals surface area contributed by atoms with Crippen LogP contribution in [0.2, 0.25) is 0 Å². The van der Waals surface area contributed by atoms with Crippen molar-refractivity contribution in [2.45, 2.75) is 25.2 Å². The molecule has 2 heterocycles. The van der Waals surface area contributed by atoms with E-state index in [1.807, 2.05) is 36.4 Å². The Balaban J connectivity index is 1.20. The number of morpholine rings is 2. The molecular weight excluding hydrogens is 402 g/mol. The van der Waals surface area contributed by atoms with Gasteiger partial charge in [0.05, 0.1) is 42.0 Å². The molecule has 2 aliphatic heterocycles. The minimum atomic E-state index is 0.00649. The number of rotatable bonds is 7. The number of carbonyl (C=O) groups is 1. The van der Waals surface area contributed by atoms with Gasteiger partial charge in [-0.25, -0.2) is 0 Å². The molecule has 4 rings (SSSR count). The van der Waals surface area contributed by atoms with Gasteiger partial charge in [0.1, 0.15) is 0 Å². The molecule has 0 aromatic heterocycles. The SMILES string of the molecule is N#Cc1ccc(CCN2CC3CN(CC(=O)NCc4ccc(C#N)cc4)CC(C2)O3)cc1. The molecule has 7 heteroatoms. The predicted octanol–water partition coefficient (Wildman–Crippen LogP) is 1.67. The fourth-order valence-electron chi connectivity index (χ4n) is 4.36. The normalized spacial score (nSPS) is 20.8. The Kier molecular flexibility index (Phi) is 7.14. The molecule has 0 saturated carbocycles. The van der Waals surface area contributed by atoms with E-state index in [9.17, 15) is 4.79 Å². The molecule has 2 saturated heterocycles. The van der Waals surface area contributed by atoms with E-state index < -0.39 is 0 Å². The highest BCUT2D eigenvalue weighted by Gasteiger charge is 2.35. The molecule has 32 heavy (non-hydrogen) atoms. The van der Waals surface area contributed by atoms with E-state index in [0.717, 1.165) is 44.7 Å². The number of nitrogens with zero attached hydrogens (tertiary/aromatic N) is 4. The Morgan fingerprint density at radius 1 is 0.875 bits per heavy atom. The maximum absolute atomic E-state index is 12.4. The number of benzene rings is 2. The zero-order chi connectivity index (χ0) is 22.3. The van der Waals surface area contributed by atoms with Crippen molar-refractivity contribution in [3.05, 3.63) is 70.8 Å². The first-order valence-electron chi connectivity index (χ1n) is 11.0. The molecule has 7 nitrogen and oxygen atoms in total. The third-order valence-electron chi connectivity index (χ3n) is 5.97. The number of ether oxygens (including phenoxy) is 1. The highest BCUT2D eigenvalue weighted by Crippen LogP contribution is 2.19. The molecule has 0 spiro atoms. The highest BCUT2D eigenvalue weighted by atomic mass is 16.5. The van der Waals surface area contributed by atoms with Crippen molar-refractivity contribution in [2.75, 3.05) is 39.3 Å². The molecule has 164 valence electrons. The third kappa shape index (κ3) is 5.93. The molecule has 1 N–H and O–H groups in total. The van der Waals surface area contributed by atoms with Crippen LogP contribution in [0.25, 0.3) is 0 Å². The zero-order valence-corrected chi connectivity index (χ0v) is 18.0. The van der Waals surface area contributed by atoms with Crippen LogP contribution in [0.1, 0.15) is 22.3 Å². The van der Waals surface area contributed by atoms with Gasteiger partial charge in [0.15, 0.2) is 0 Å². The van der Waals surface area contributed by atoms with E-state index in [1.54, 1.807) is 12.1 Å². The van der Waals surface area contributed by atoms with Crippen LogP contribution < -0.4 is 5.32 Å². The average molecular weight is 430 g/mol. The lowest BCUT2D eigenvalue weighted by molar-refractivity contribution is -0.144. The van der Waals surface area contributed by atoms with Crippen LogP contribution in [-0.4, -0.2) is 67.2 Å². The molecule has 2 fully saturated rings.